The molecule has 0 aliphatic carbocycles. The maximum atomic E-state index is 12.4. The molecule has 0 radical (unpaired) electrons. The number of hydrogen-bond donors (Lipinski definition) is 2. The fourth-order valence-electron chi connectivity index (χ4n) is 2.17. The minimum atomic E-state index is -1.18. The first kappa shape index (κ1) is 17.9. The van der Waals surface area contributed by atoms with Crippen LogP contribution in [0.4, 0.5) is 0 Å². The van der Waals surface area contributed by atoms with Crippen molar-refractivity contribution in [3.63, 3.8) is 0 Å². The molecule has 4 nitrogen and oxygen atoms in total. The second-order valence-corrected chi connectivity index (χ2v) is 7.96. The lowest BCUT2D eigenvalue weighted by atomic mass is 9.88. The molecule has 2 unspecified atom stereocenters. The summed E-state index contributed by atoms with van der Waals surface area (Å²) in [6, 6.07) is 6.61. The summed E-state index contributed by atoms with van der Waals surface area (Å²) >= 11 is 0. The van der Waals surface area contributed by atoms with Gasteiger partial charge >= 0.3 is 0 Å². The molecule has 21 heavy (non-hydrogen) atoms. The average molecular weight is 311 g/mol. The third-order valence-corrected chi connectivity index (χ3v) is 4.42. The van der Waals surface area contributed by atoms with Gasteiger partial charge in [0.1, 0.15) is 0 Å². The Morgan fingerprint density at radius 2 is 1.95 bits per heavy atom. The summed E-state index contributed by atoms with van der Waals surface area (Å²) in [4.78, 5) is 12.9. The van der Waals surface area contributed by atoms with Crippen LogP contribution < -0.4 is 5.32 Å². The van der Waals surface area contributed by atoms with E-state index in [-0.39, 0.29) is 24.0 Å². The molecule has 1 aromatic rings. The van der Waals surface area contributed by atoms with Crippen LogP contribution in [-0.2, 0) is 10.8 Å². The Morgan fingerprint density at radius 1 is 1.33 bits per heavy atom. The molecule has 0 bridgehead atoms. The van der Waals surface area contributed by atoms with Gasteiger partial charge in [-0.3, -0.25) is 9.00 Å². The van der Waals surface area contributed by atoms with Crippen LogP contribution in [0.15, 0.2) is 29.2 Å². The normalized spacial score (nSPS) is 14.5. The highest BCUT2D eigenvalue weighted by atomic mass is 32.2. The van der Waals surface area contributed by atoms with E-state index in [2.05, 4.69) is 26.1 Å². The summed E-state index contributed by atoms with van der Waals surface area (Å²) in [5.41, 5.74) is 0.428. The van der Waals surface area contributed by atoms with Crippen LogP contribution >= 0.6 is 0 Å². The zero-order valence-corrected chi connectivity index (χ0v) is 14.0. The number of amides is 1. The smallest absolute Gasteiger partial charge is 0.252 e. The number of carbonyl (C=O) groups is 1. The van der Waals surface area contributed by atoms with E-state index in [1.165, 1.54) is 0 Å². The Balaban J connectivity index is 2.91. The summed E-state index contributed by atoms with van der Waals surface area (Å²) in [6.07, 6.45) is 0.675. The van der Waals surface area contributed by atoms with E-state index in [1.54, 1.807) is 24.3 Å². The van der Waals surface area contributed by atoms with Crippen LogP contribution in [0.1, 0.15) is 44.5 Å². The van der Waals surface area contributed by atoms with Gasteiger partial charge < -0.3 is 10.4 Å². The number of hydrogen-bond acceptors (Lipinski definition) is 3. The van der Waals surface area contributed by atoms with E-state index in [4.69, 9.17) is 0 Å². The monoisotopic (exact) mass is 311 g/mol. The molecule has 2 atom stereocenters. The number of aliphatic hydroxyl groups is 1. The fraction of sp³-hybridized carbons (Fsp3) is 0.562. The highest BCUT2D eigenvalue weighted by Gasteiger charge is 2.22. The van der Waals surface area contributed by atoms with Gasteiger partial charge in [0.05, 0.1) is 33.9 Å². The van der Waals surface area contributed by atoms with Crippen LogP contribution in [0, 0.1) is 5.41 Å². The molecule has 1 rings (SSSR count). The average Bonchev–Trinajstić information content (AvgIpc) is 2.44. The summed E-state index contributed by atoms with van der Waals surface area (Å²) in [5, 5.41) is 12.3. The van der Waals surface area contributed by atoms with Crippen molar-refractivity contribution in [3.05, 3.63) is 29.8 Å². The standard InChI is InChI=1S/C16H25NO3S/c1-5-21(20)14-9-7-6-8-13(14)15(19)17-12(11-18)10-16(2,3)4/h6-9,12,18H,5,10-11H2,1-4H3,(H,17,19). The predicted octanol–water partition coefficient (Wildman–Crippen LogP) is 2.34. The second kappa shape index (κ2) is 7.71. The zero-order valence-electron chi connectivity index (χ0n) is 13.2. The van der Waals surface area contributed by atoms with Gasteiger partial charge in [0.2, 0.25) is 0 Å². The lowest BCUT2D eigenvalue weighted by Gasteiger charge is -2.25. The molecule has 0 heterocycles. The highest BCUT2D eigenvalue weighted by molar-refractivity contribution is 7.85. The molecule has 2 N–H and O–H groups in total. The summed E-state index contributed by atoms with van der Waals surface area (Å²) in [6.45, 7) is 7.88. The first-order valence-corrected chi connectivity index (χ1v) is 8.49. The molecule has 1 aromatic carbocycles. The lowest BCUT2D eigenvalue weighted by molar-refractivity contribution is 0.0894. The number of rotatable bonds is 6. The molecular formula is C16H25NO3S. The van der Waals surface area contributed by atoms with Gasteiger partial charge in [-0.15, -0.1) is 0 Å². The van der Waals surface area contributed by atoms with E-state index in [9.17, 15) is 14.1 Å². The van der Waals surface area contributed by atoms with Crippen molar-refractivity contribution in [1.29, 1.82) is 0 Å². The van der Waals surface area contributed by atoms with E-state index in [0.29, 0.717) is 22.6 Å². The van der Waals surface area contributed by atoms with Gasteiger partial charge in [0.25, 0.3) is 5.91 Å². The second-order valence-electron chi connectivity index (χ2n) is 6.25. The molecule has 0 aromatic heterocycles. The van der Waals surface area contributed by atoms with E-state index >= 15 is 0 Å². The van der Waals surface area contributed by atoms with Crippen molar-refractivity contribution in [2.75, 3.05) is 12.4 Å². The van der Waals surface area contributed by atoms with Crippen LogP contribution in [0.25, 0.3) is 0 Å². The maximum absolute atomic E-state index is 12.4. The Kier molecular flexibility index (Phi) is 6.55. The van der Waals surface area contributed by atoms with E-state index in [0.717, 1.165) is 0 Å². The minimum absolute atomic E-state index is 0.00638. The topological polar surface area (TPSA) is 66.4 Å². The van der Waals surface area contributed by atoms with Crippen LogP contribution in [0.2, 0.25) is 0 Å². The van der Waals surface area contributed by atoms with Gasteiger partial charge in [-0.25, -0.2) is 0 Å². The van der Waals surface area contributed by atoms with Gasteiger partial charge in [0.15, 0.2) is 0 Å². The van der Waals surface area contributed by atoms with Gasteiger partial charge in [0, 0.05) is 5.75 Å². The largest absolute Gasteiger partial charge is 0.394 e. The maximum Gasteiger partial charge on any atom is 0.252 e. The first-order chi connectivity index (χ1) is 9.78. The van der Waals surface area contributed by atoms with Crippen molar-refractivity contribution in [2.45, 2.75) is 45.1 Å². The molecule has 0 aliphatic heterocycles. The van der Waals surface area contributed by atoms with Gasteiger partial charge in [-0.1, -0.05) is 39.8 Å². The molecule has 118 valence electrons. The molecule has 0 saturated carbocycles. The summed E-state index contributed by atoms with van der Waals surface area (Å²) < 4.78 is 12.0. The SMILES string of the molecule is CCS(=O)c1ccccc1C(=O)NC(CO)CC(C)(C)C. The number of nitrogens with one attached hydrogen (secondary N) is 1. The molecule has 0 saturated heterocycles. The zero-order chi connectivity index (χ0) is 16.0. The Hall–Kier alpha value is -1.20. The molecule has 0 aliphatic rings. The molecule has 1 amide bonds. The van der Waals surface area contributed by atoms with Gasteiger partial charge in [-0.05, 0) is 24.0 Å². The van der Waals surface area contributed by atoms with Crippen molar-refractivity contribution in [1.82, 2.24) is 5.32 Å². The van der Waals surface area contributed by atoms with Crippen LogP contribution in [-0.4, -0.2) is 33.6 Å². The Morgan fingerprint density at radius 3 is 2.48 bits per heavy atom. The number of carbonyl (C=O) groups excluding carboxylic acids is 1. The van der Waals surface area contributed by atoms with Crippen LogP contribution in [0.3, 0.4) is 0 Å². The van der Waals surface area contributed by atoms with Gasteiger partial charge in [-0.2, -0.15) is 0 Å². The fourth-order valence-corrected chi connectivity index (χ4v) is 3.12. The molecular weight excluding hydrogens is 286 g/mol. The van der Waals surface area contributed by atoms with Crippen molar-refractivity contribution < 1.29 is 14.1 Å². The third-order valence-electron chi connectivity index (χ3n) is 3.05. The summed E-state index contributed by atoms with van der Waals surface area (Å²) in [5.74, 6) is 0.186. The lowest BCUT2D eigenvalue weighted by Crippen LogP contribution is -2.40. The summed E-state index contributed by atoms with van der Waals surface area (Å²) in [7, 11) is -1.18. The molecule has 0 spiro atoms. The predicted molar refractivity (Wildman–Crippen MR) is 85.8 cm³/mol. The molecule has 0 fully saturated rings. The van der Waals surface area contributed by atoms with Crippen molar-refractivity contribution >= 4 is 16.7 Å². The van der Waals surface area contributed by atoms with Crippen LogP contribution in [0.5, 0.6) is 0 Å². The number of benzene rings is 1. The van der Waals surface area contributed by atoms with Crippen molar-refractivity contribution in [3.8, 4) is 0 Å². The third kappa shape index (κ3) is 5.59. The number of aliphatic hydroxyl groups excluding tert-OH is 1. The van der Waals surface area contributed by atoms with E-state index in [1.807, 2.05) is 6.92 Å². The first-order valence-electron chi connectivity index (χ1n) is 7.17. The molecule has 5 heteroatoms. The van der Waals surface area contributed by atoms with E-state index < -0.39 is 10.8 Å². The quantitative estimate of drug-likeness (QED) is 0.847. The Bertz CT molecular complexity index is 508. The highest BCUT2D eigenvalue weighted by Crippen LogP contribution is 2.21. The minimum Gasteiger partial charge on any atom is -0.394 e. The Labute approximate surface area is 129 Å². The van der Waals surface area contributed by atoms with Crippen molar-refractivity contribution in [2.24, 2.45) is 5.41 Å².